The van der Waals surface area contributed by atoms with Crippen LogP contribution in [0.4, 0.5) is 5.82 Å². The number of hydrogen-bond donors (Lipinski definition) is 2. The summed E-state index contributed by atoms with van der Waals surface area (Å²) in [6, 6.07) is 14.3. The van der Waals surface area contributed by atoms with Crippen molar-refractivity contribution in [3.8, 4) is 0 Å². The molecule has 0 saturated carbocycles. The highest BCUT2D eigenvalue weighted by Crippen LogP contribution is 2.18. The molecular formula is C16H20N4O. The zero-order valence-electron chi connectivity index (χ0n) is 12.3. The fourth-order valence-corrected chi connectivity index (χ4v) is 2.07. The maximum Gasteiger partial charge on any atom is 0.171 e. The van der Waals surface area contributed by atoms with E-state index >= 15 is 0 Å². The van der Waals surface area contributed by atoms with Crippen LogP contribution in [0.2, 0.25) is 0 Å². The normalized spacial score (nSPS) is 11.7. The van der Waals surface area contributed by atoms with Crippen molar-refractivity contribution in [3.05, 3.63) is 59.8 Å². The summed E-state index contributed by atoms with van der Waals surface area (Å²) in [5, 5.41) is 11.7. The summed E-state index contributed by atoms with van der Waals surface area (Å²) in [6.07, 6.45) is 1.62. The van der Waals surface area contributed by atoms with Gasteiger partial charge in [0.25, 0.3) is 0 Å². The lowest BCUT2D eigenvalue weighted by Gasteiger charge is -2.28. The van der Waals surface area contributed by atoms with E-state index in [1.807, 2.05) is 24.3 Å². The van der Waals surface area contributed by atoms with Crippen molar-refractivity contribution >= 4 is 11.7 Å². The summed E-state index contributed by atoms with van der Waals surface area (Å²) in [4.78, 5) is 6.62. The Kier molecular flexibility index (Phi) is 4.77. The van der Waals surface area contributed by atoms with Crippen LogP contribution in [0.1, 0.15) is 25.0 Å². The van der Waals surface area contributed by atoms with Crippen molar-refractivity contribution in [2.24, 2.45) is 10.9 Å². The minimum atomic E-state index is 0.0632. The van der Waals surface area contributed by atoms with Gasteiger partial charge in [-0.05, 0) is 31.5 Å². The van der Waals surface area contributed by atoms with Crippen LogP contribution < -0.4 is 10.6 Å². The van der Waals surface area contributed by atoms with Gasteiger partial charge in [0, 0.05) is 24.3 Å². The van der Waals surface area contributed by atoms with E-state index in [2.05, 4.69) is 41.0 Å². The number of aromatic nitrogens is 1. The number of amidine groups is 1. The number of rotatable bonds is 5. The van der Waals surface area contributed by atoms with E-state index in [9.17, 15) is 0 Å². The number of nitrogens with zero attached hydrogens (tertiary/aromatic N) is 3. The molecular weight excluding hydrogens is 264 g/mol. The Morgan fingerprint density at radius 2 is 1.95 bits per heavy atom. The highest BCUT2D eigenvalue weighted by atomic mass is 16.4. The topological polar surface area (TPSA) is 74.7 Å². The molecule has 0 bridgehead atoms. The van der Waals surface area contributed by atoms with E-state index in [1.54, 1.807) is 12.3 Å². The van der Waals surface area contributed by atoms with E-state index in [1.165, 1.54) is 5.56 Å². The Hall–Kier alpha value is -2.56. The number of hydrogen-bond acceptors (Lipinski definition) is 4. The van der Waals surface area contributed by atoms with Crippen molar-refractivity contribution < 1.29 is 5.21 Å². The average molecular weight is 284 g/mol. The summed E-state index contributed by atoms with van der Waals surface area (Å²) >= 11 is 0. The zero-order valence-corrected chi connectivity index (χ0v) is 12.3. The van der Waals surface area contributed by atoms with Crippen molar-refractivity contribution in [2.45, 2.75) is 26.4 Å². The Bertz CT molecular complexity index is 593. The van der Waals surface area contributed by atoms with Gasteiger partial charge in [0.1, 0.15) is 5.82 Å². The van der Waals surface area contributed by atoms with Gasteiger partial charge in [0.05, 0.1) is 0 Å². The van der Waals surface area contributed by atoms with Crippen molar-refractivity contribution in [1.82, 2.24) is 4.98 Å². The molecule has 0 fully saturated rings. The predicted molar refractivity (Wildman–Crippen MR) is 84.5 cm³/mol. The van der Waals surface area contributed by atoms with Crippen LogP contribution in [0.15, 0.2) is 53.8 Å². The van der Waals surface area contributed by atoms with Gasteiger partial charge in [-0.3, -0.25) is 0 Å². The van der Waals surface area contributed by atoms with E-state index in [0.717, 1.165) is 12.4 Å². The highest BCUT2D eigenvalue weighted by Gasteiger charge is 2.13. The summed E-state index contributed by atoms with van der Waals surface area (Å²) in [7, 11) is 0. The van der Waals surface area contributed by atoms with Crippen LogP contribution >= 0.6 is 0 Å². The second kappa shape index (κ2) is 6.74. The summed E-state index contributed by atoms with van der Waals surface area (Å²) in [6.45, 7) is 5.04. The molecule has 2 aromatic rings. The first-order valence-electron chi connectivity index (χ1n) is 6.86. The second-order valence-corrected chi connectivity index (χ2v) is 5.10. The molecule has 0 aliphatic rings. The Labute approximate surface area is 124 Å². The maximum atomic E-state index is 8.67. The average Bonchev–Trinajstić information content (AvgIpc) is 2.53. The molecule has 1 heterocycles. The minimum Gasteiger partial charge on any atom is -0.409 e. The van der Waals surface area contributed by atoms with Gasteiger partial charge in [0.2, 0.25) is 0 Å². The molecule has 0 amide bonds. The fraction of sp³-hybridized carbons (Fsp3) is 0.250. The van der Waals surface area contributed by atoms with E-state index in [0.29, 0.717) is 11.6 Å². The SMILES string of the molecule is CC(C)N(Cc1ccccc1)c1ccc(/C(N)=N/O)cn1. The molecule has 0 radical (unpaired) electrons. The third-order valence-corrected chi connectivity index (χ3v) is 3.26. The van der Waals surface area contributed by atoms with Crippen molar-refractivity contribution in [2.75, 3.05) is 4.90 Å². The second-order valence-electron chi connectivity index (χ2n) is 5.10. The van der Waals surface area contributed by atoms with Gasteiger partial charge in [-0.1, -0.05) is 35.5 Å². The zero-order chi connectivity index (χ0) is 15.2. The largest absolute Gasteiger partial charge is 0.409 e. The summed E-state index contributed by atoms with van der Waals surface area (Å²) < 4.78 is 0. The van der Waals surface area contributed by atoms with Gasteiger partial charge in [-0.25, -0.2) is 4.98 Å². The van der Waals surface area contributed by atoms with Gasteiger partial charge < -0.3 is 15.8 Å². The molecule has 3 N–H and O–H groups in total. The predicted octanol–water partition coefficient (Wildman–Crippen LogP) is 2.59. The van der Waals surface area contributed by atoms with Crippen LogP contribution in [0, 0.1) is 0 Å². The molecule has 2 rings (SSSR count). The standard InChI is InChI=1S/C16H20N4O/c1-12(2)20(11-13-6-4-3-5-7-13)15-9-8-14(10-18-15)16(17)19-21/h3-10,12,21H,11H2,1-2H3,(H2,17,19). The van der Waals surface area contributed by atoms with Crippen molar-refractivity contribution in [3.63, 3.8) is 0 Å². The molecule has 0 saturated heterocycles. The lowest BCUT2D eigenvalue weighted by atomic mass is 10.2. The van der Waals surface area contributed by atoms with Crippen LogP contribution in [0.5, 0.6) is 0 Å². The van der Waals surface area contributed by atoms with Crippen LogP contribution in [-0.4, -0.2) is 22.1 Å². The van der Waals surface area contributed by atoms with E-state index in [-0.39, 0.29) is 5.84 Å². The van der Waals surface area contributed by atoms with E-state index in [4.69, 9.17) is 10.9 Å². The molecule has 110 valence electrons. The molecule has 5 nitrogen and oxygen atoms in total. The first-order valence-corrected chi connectivity index (χ1v) is 6.86. The molecule has 21 heavy (non-hydrogen) atoms. The lowest BCUT2D eigenvalue weighted by molar-refractivity contribution is 0.318. The smallest absolute Gasteiger partial charge is 0.171 e. The Morgan fingerprint density at radius 1 is 1.24 bits per heavy atom. The molecule has 1 aromatic carbocycles. The van der Waals surface area contributed by atoms with E-state index < -0.39 is 0 Å². The monoisotopic (exact) mass is 284 g/mol. The van der Waals surface area contributed by atoms with Crippen LogP contribution in [0.3, 0.4) is 0 Å². The number of nitrogens with two attached hydrogens (primary N) is 1. The van der Waals surface area contributed by atoms with Crippen LogP contribution in [-0.2, 0) is 6.54 Å². The number of pyridine rings is 1. The van der Waals surface area contributed by atoms with Crippen LogP contribution in [0.25, 0.3) is 0 Å². The van der Waals surface area contributed by atoms with Gasteiger partial charge in [-0.2, -0.15) is 0 Å². The van der Waals surface area contributed by atoms with Crippen molar-refractivity contribution in [1.29, 1.82) is 0 Å². The highest BCUT2D eigenvalue weighted by molar-refractivity contribution is 5.96. The number of benzene rings is 1. The number of anilines is 1. The van der Waals surface area contributed by atoms with Gasteiger partial charge in [-0.15, -0.1) is 0 Å². The minimum absolute atomic E-state index is 0.0632. The fourth-order valence-electron chi connectivity index (χ4n) is 2.07. The first-order chi connectivity index (χ1) is 10.1. The molecule has 5 heteroatoms. The molecule has 0 unspecified atom stereocenters. The quantitative estimate of drug-likeness (QED) is 0.383. The van der Waals surface area contributed by atoms with Gasteiger partial charge in [0.15, 0.2) is 5.84 Å². The molecule has 0 aliphatic heterocycles. The Morgan fingerprint density at radius 3 is 2.48 bits per heavy atom. The molecule has 0 aliphatic carbocycles. The summed E-state index contributed by atoms with van der Waals surface area (Å²) in [5.74, 6) is 0.927. The third-order valence-electron chi connectivity index (χ3n) is 3.26. The maximum absolute atomic E-state index is 8.67. The number of oxime groups is 1. The molecule has 1 aromatic heterocycles. The summed E-state index contributed by atoms with van der Waals surface area (Å²) in [5.41, 5.74) is 7.38. The first kappa shape index (κ1) is 14.8. The third kappa shape index (κ3) is 3.72. The molecule has 0 atom stereocenters. The molecule has 0 spiro atoms. The lowest BCUT2D eigenvalue weighted by Crippen LogP contribution is -2.31. The Balaban J connectivity index is 2.22. The van der Waals surface area contributed by atoms with Gasteiger partial charge >= 0.3 is 0 Å².